The Morgan fingerprint density at radius 3 is 2.55 bits per heavy atom. The predicted molar refractivity (Wildman–Crippen MR) is 119 cm³/mol. The fourth-order valence-electron chi connectivity index (χ4n) is 3.95. The number of nitrogens with one attached hydrogen (secondary N) is 1. The maximum Gasteiger partial charge on any atom is 0.170 e. The van der Waals surface area contributed by atoms with Crippen LogP contribution >= 0.6 is 12.2 Å². The summed E-state index contributed by atoms with van der Waals surface area (Å²) in [6.45, 7) is 5.12. The average molecular weight is 407 g/mol. The smallest absolute Gasteiger partial charge is 0.170 e. The number of benzene rings is 1. The highest BCUT2D eigenvalue weighted by Gasteiger charge is 2.41. The quantitative estimate of drug-likeness (QED) is 0.604. The first-order valence-electron chi connectivity index (χ1n) is 9.86. The Bertz CT molecular complexity index is 968. The van der Waals surface area contributed by atoms with Gasteiger partial charge in [-0.25, -0.2) is 0 Å². The Hall–Kier alpha value is -2.86. The van der Waals surface area contributed by atoms with Gasteiger partial charge >= 0.3 is 0 Å². The predicted octanol–water partition coefficient (Wildman–Crippen LogP) is 4.65. The third-order valence-corrected chi connectivity index (χ3v) is 5.73. The number of hydrogen-bond acceptors (Lipinski definition) is 3. The number of thiocarbonyl (C=S) groups is 1. The molecule has 1 saturated heterocycles. The van der Waals surface area contributed by atoms with Gasteiger partial charge in [0.1, 0.15) is 5.75 Å². The minimum atomic E-state index is -0.00523. The molecule has 1 fully saturated rings. The van der Waals surface area contributed by atoms with Gasteiger partial charge in [0, 0.05) is 30.7 Å². The number of nitrogens with zero attached hydrogens (tertiary/aromatic N) is 3. The van der Waals surface area contributed by atoms with Crippen molar-refractivity contribution in [2.45, 2.75) is 38.5 Å². The van der Waals surface area contributed by atoms with Crippen molar-refractivity contribution in [2.24, 2.45) is 0 Å². The van der Waals surface area contributed by atoms with Gasteiger partial charge in [0.05, 0.1) is 24.9 Å². The van der Waals surface area contributed by atoms with Crippen LogP contribution in [0.1, 0.15) is 48.9 Å². The molecule has 1 aromatic carbocycles. The van der Waals surface area contributed by atoms with Gasteiger partial charge < -0.3 is 19.5 Å². The highest BCUT2D eigenvalue weighted by molar-refractivity contribution is 7.80. The zero-order valence-electron chi connectivity index (χ0n) is 16.9. The molecule has 1 aliphatic heterocycles. The Morgan fingerprint density at radius 2 is 1.90 bits per heavy atom. The fourth-order valence-corrected chi connectivity index (χ4v) is 4.26. The highest BCUT2D eigenvalue weighted by atomic mass is 32.1. The van der Waals surface area contributed by atoms with E-state index in [-0.39, 0.29) is 12.1 Å². The molecule has 3 heterocycles. The van der Waals surface area contributed by atoms with Crippen molar-refractivity contribution in [2.75, 3.05) is 7.11 Å². The molecular formula is C23H26N4OS. The Balaban J connectivity index is 1.73. The molecule has 150 valence electrons. The standard InChI is InChI=1S/C23H26N4OS/c1-16(2)26-14-6-8-20(26)22-21(19-7-4-5-13-24-19)25-23(29)27(22)15-17-9-11-18(28-3)12-10-17/h4-14,16,21-22H,15H2,1-3H3,(H,25,29)/t21-,22-/m0/s1. The van der Waals surface area contributed by atoms with Gasteiger partial charge in [0.2, 0.25) is 0 Å². The minimum absolute atomic E-state index is 0.00523. The van der Waals surface area contributed by atoms with Crippen molar-refractivity contribution >= 4 is 17.3 Å². The van der Waals surface area contributed by atoms with E-state index in [2.05, 4.69) is 70.1 Å². The van der Waals surface area contributed by atoms with Crippen LogP contribution in [-0.2, 0) is 6.54 Å². The van der Waals surface area contributed by atoms with Crippen molar-refractivity contribution in [3.8, 4) is 5.75 Å². The molecule has 3 aromatic rings. The van der Waals surface area contributed by atoms with Gasteiger partial charge in [-0.2, -0.15) is 0 Å². The summed E-state index contributed by atoms with van der Waals surface area (Å²) in [4.78, 5) is 6.89. The lowest BCUT2D eigenvalue weighted by molar-refractivity contribution is 0.293. The molecule has 0 spiro atoms. The number of hydrogen-bond donors (Lipinski definition) is 1. The van der Waals surface area contributed by atoms with Crippen LogP contribution in [0.4, 0.5) is 0 Å². The van der Waals surface area contributed by atoms with Crippen LogP contribution in [0.25, 0.3) is 0 Å². The number of ether oxygens (including phenoxy) is 1. The molecule has 0 bridgehead atoms. The van der Waals surface area contributed by atoms with E-state index in [9.17, 15) is 0 Å². The number of aromatic nitrogens is 2. The lowest BCUT2D eigenvalue weighted by Crippen LogP contribution is -2.30. The van der Waals surface area contributed by atoms with E-state index in [1.54, 1.807) is 7.11 Å². The molecule has 6 heteroatoms. The van der Waals surface area contributed by atoms with Crippen LogP contribution in [0.15, 0.2) is 67.0 Å². The molecular weight excluding hydrogens is 380 g/mol. The molecule has 2 aromatic heterocycles. The molecule has 0 aliphatic carbocycles. The van der Waals surface area contributed by atoms with Crippen molar-refractivity contribution in [1.82, 2.24) is 19.8 Å². The summed E-state index contributed by atoms with van der Waals surface area (Å²) >= 11 is 5.78. The first-order chi connectivity index (χ1) is 14.1. The molecule has 5 nitrogen and oxygen atoms in total. The lowest BCUT2D eigenvalue weighted by Gasteiger charge is -2.30. The second kappa shape index (κ2) is 8.25. The molecule has 1 aliphatic rings. The third kappa shape index (κ3) is 3.85. The molecule has 0 saturated carbocycles. The van der Waals surface area contributed by atoms with E-state index in [0.29, 0.717) is 12.6 Å². The summed E-state index contributed by atoms with van der Waals surface area (Å²) in [6.07, 6.45) is 3.98. The van der Waals surface area contributed by atoms with E-state index in [1.807, 2.05) is 30.5 Å². The van der Waals surface area contributed by atoms with Crippen LogP contribution in [0.5, 0.6) is 5.75 Å². The van der Waals surface area contributed by atoms with Crippen molar-refractivity contribution in [1.29, 1.82) is 0 Å². The molecule has 0 amide bonds. The van der Waals surface area contributed by atoms with E-state index in [1.165, 1.54) is 11.3 Å². The summed E-state index contributed by atoms with van der Waals surface area (Å²) in [5, 5.41) is 4.27. The van der Waals surface area contributed by atoms with Crippen LogP contribution in [0.2, 0.25) is 0 Å². The van der Waals surface area contributed by atoms with E-state index in [0.717, 1.165) is 16.6 Å². The molecule has 4 rings (SSSR count). The van der Waals surface area contributed by atoms with Gasteiger partial charge in [-0.05, 0) is 68.0 Å². The maximum atomic E-state index is 5.78. The molecule has 1 N–H and O–H groups in total. The Kier molecular flexibility index (Phi) is 5.53. The summed E-state index contributed by atoms with van der Waals surface area (Å²) in [5.41, 5.74) is 3.41. The summed E-state index contributed by atoms with van der Waals surface area (Å²) in [5.74, 6) is 0.854. The van der Waals surface area contributed by atoms with Crippen LogP contribution in [0, 0.1) is 0 Å². The van der Waals surface area contributed by atoms with E-state index in [4.69, 9.17) is 17.0 Å². The Morgan fingerprint density at radius 1 is 1.10 bits per heavy atom. The van der Waals surface area contributed by atoms with Crippen molar-refractivity contribution in [3.05, 3.63) is 83.9 Å². The summed E-state index contributed by atoms with van der Waals surface area (Å²) in [7, 11) is 1.68. The highest BCUT2D eigenvalue weighted by Crippen LogP contribution is 2.40. The number of methoxy groups -OCH3 is 1. The Labute approximate surface area is 177 Å². The monoisotopic (exact) mass is 406 g/mol. The zero-order valence-corrected chi connectivity index (χ0v) is 17.8. The topological polar surface area (TPSA) is 42.3 Å². The molecule has 29 heavy (non-hydrogen) atoms. The fraction of sp³-hybridized carbons (Fsp3) is 0.304. The van der Waals surface area contributed by atoms with E-state index >= 15 is 0 Å². The van der Waals surface area contributed by atoms with Gasteiger partial charge in [0.15, 0.2) is 5.11 Å². The minimum Gasteiger partial charge on any atom is -0.497 e. The lowest BCUT2D eigenvalue weighted by atomic mass is 10.0. The first kappa shape index (κ1) is 19.5. The second-order valence-electron chi connectivity index (χ2n) is 7.54. The molecule has 0 unspecified atom stereocenters. The zero-order chi connectivity index (χ0) is 20.4. The molecule has 0 radical (unpaired) electrons. The maximum absolute atomic E-state index is 5.78. The van der Waals surface area contributed by atoms with Gasteiger partial charge in [-0.3, -0.25) is 4.98 Å². The van der Waals surface area contributed by atoms with Crippen LogP contribution in [-0.4, -0.2) is 26.7 Å². The normalized spacial score (nSPS) is 18.9. The van der Waals surface area contributed by atoms with Crippen molar-refractivity contribution in [3.63, 3.8) is 0 Å². The largest absolute Gasteiger partial charge is 0.497 e. The van der Waals surface area contributed by atoms with Crippen LogP contribution < -0.4 is 10.1 Å². The number of rotatable bonds is 6. The third-order valence-electron chi connectivity index (χ3n) is 5.38. The SMILES string of the molecule is COc1ccc(CN2C(=S)N[C@@H](c3ccccn3)[C@@H]2c2cccn2C(C)C)cc1. The van der Waals surface area contributed by atoms with Gasteiger partial charge in [0.25, 0.3) is 0 Å². The first-order valence-corrected chi connectivity index (χ1v) is 10.3. The summed E-state index contributed by atoms with van der Waals surface area (Å²) in [6, 6.07) is 18.9. The van der Waals surface area contributed by atoms with Gasteiger partial charge in [-0.1, -0.05) is 18.2 Å². The second-order valence-corrected chi connectivity index (χ2v) is 7.92. The van der Waals surface area contributed by atoms with Gasteiger partial charge in [-0.15, -0.1) is 0 Å². The number of pyridine rings is 1. The molecule has 2 atom stereocenters. The summed E-state index contributed by atoms with van der Waals surface area (Å²) < 4.78 is 7.61. The van der Waals surface area contributed by atoms with E-state index < -0.39 is 0 Å². The van der Waals surface area contributed by atoms with Crippen LogP contribution in [0.3, 0.4) is 0 Å². The average Bonchev–Trinajstić information content (AvgIpc) is 3.34. The van der Waals surface area contributed by atoms with Crippen molar-refractivity contribution < 1.29 is 4.74 Å².